The molecule has 0 radical (unpaired) electrons. The van der Waals surface area contributed by atoms with E-state index in [9.17, 15) is 0 Å². The zero-order chi connectivity index (χ0) is 28.6. The third-order valence-electron chi connectivity index (χ3n) is 10.4. The monoisotopic (exact) mass is 548 g/mol. The van der Waals surface area contributed by atoms with Crippen LogP contribution >= 0.6 is 0 Å². The van der Waals surface area contributed by atoms with Crippen LogP contribution in [0.5, 0.6) is 0 Å². The quantitative estimate of drug-likeness (QED) is 0.187. The average molecular weight is 548 g/mol. The van der Waals surface area contributed by atoms with Crippen molar-refractivity contribution in [1.82, 2.24) is 4.57 Å². The van der Waals surface area contributed by atoms with Gasteiger partial charge in [-0.05, 0) is 75.5 Å². The van der Waals surface area contributed by atoms with E-state index < -0.39 is 0 Å². The molecule has 1 aromatic heterocycles. The van der Waals surface area contributed by atoms with Crippen molar-refractivity contribution in [3.05, 3.63) is 138 Å². The number of hydrogen-bond acceptors (Lipinski definition) is 1. The lowest BCUT2D eigenvalue weighted by molar-refractivity contribution is 0.661. The molecule has 0 spiro atoms. The Hall–Kier alpha value is -5.02. The first kappa shape index (κ1) is 23.5. The number of hydrogen-bond donors (Lipinski definition) is 0. The van der Waals surface area contributed by atoms with Gasteiger partial charge in [-0.15, -0.1) is 0 Å². The van der Waals surface area contributed by atoms with Crippen LogP contribution in [0.25, 0.3) is 49.7 Å². The van der Waals surface area contributed by atoms with Gasteiger partial charge in [-0.3, -0.25) is 0 Å². The predicted molar refractivity (Wildman–Crippen MR) is 182 cm³/mol. The Morgan fingerprint density at radius 1 is 0.651 bits per heavy atom. The van der Waals surface area contributed by atoms with Gasteiger partial charge in [-0.1, -0.05) is 111 Å². The van der Waals surface area contributed by atoms with Crippen LogP contribution in [0.15, 0.2) is 121 Å². The third-order valence-corrected chi connectivity index (χ3v) is 10.4. The summed E-state index contributed by atoms with van der Waals surface area (Å²) in [4.78, 5) is 2.68. The predicted octanol–water partition coefficient (Wildman–Crippen LogP) is 8.64. The molecular formula is C40H29BN2. The van der Waals surface area contributed by atoms with Gasteiger partial charge in [-0.25, -0.2) is 0 Å². The third kappa shape index (κ3) is 2.72. The van der Waals surface area contributed by atoms with Gasteiger partial charge in [0.25, 0.3) is 0 Å². The number of fused-ring (bicyclic) bond motifs is 12. The highest BCUT2D eigenvalue weighted by Crippen LogP contribution is 2.57. The Bertz CT molecular complexity index is 2340. The lowest BCUT2D eigenvalue weighted by atomic mass is 9.43. The van der Waals surface area contributed by atoms with E-state index in [4.69, 9.17) is 0 Å². The zero-order valence-corrected chi connectivity index (χ0v) is 24.5. The summed E-state index contributed by atoms with van der Waals surface area (Å²) in [5, 5.41) is 2.70. The van der Waals surface area contributed by atoms with Gasteiger partial charge in [0.1, 0.15) is 0 Å². The van der Waals surface area contributed by atoms with Crippen molar-refractivity contribution < 1.29 is 0 Å². The number of benzene rings is 6. The molecule has 0 atom stereocenters. The molecule has 0 bridgehead atoms. The molecule has 6 aromatic carbocycles. The average Bonchev–Trinajstić information content (AvgIpc) is 3.51. The fraction of sp³-hybridized carbons (Fsp3) is 0.100. The fourth-order valence-electron chi connectivity index (χ4n) is 8.79. The van der Waals surface area contributed by atoms with Gasteiger partial charge >= 0.3 is 6.85 Å². The van der Waals surface area contributed by atoms with Crippen LogP contribution in [0, 0.1) is 6.92 Å². The minimum atomic E-state index is -0.135. The van der Waals surface area contributed by atoms with Crippen molar-refractivity contribution in [1.29, 1.82) is 0 Å². The normalized spacial score (nSPS) is 15.0. The van der Waals surface area contributed by atoms with Crippen molar-refractivity contribution >= 4 is 51.0 Å². The molecule has 0 N–H and O–H groups in total. The topological polar surface area (TPSA) is 8.17 Å². The highest BCUT2D eigenvalue weighted by atomic mass is 15.1. The molecule has 7 aromatic rings. The number of para-hydroxylation sites is 3. The van der Waals surface area contributed by atoms with Crippen LogP contribution in [0.4, 0.5) is 11.4 Å². The summed E-state index contributed by atoms with van der Waals surface area (Å²) >= 11 is 0. The molecule has 0 saturated heterocycles. The molecule has 0 amide bonds. The van der Waals surface area contributed by atoms with Gasteiger partial charge in [0.2, 0.25) is 0 Å². The summed E-state index contributed by atoms with van der Waals surface area (Å²) in [6.07, 6.45) is 0. The van der Waals surface area contributed by atoms with Crippen LogP contribution in [-0.4, -0.2) is 11.4 Å². The SMILES string of the molecule is Cc1cc2c3c4c1c1ccccc1n4-c1ccccc1B3N(c1ccccc1)c1c-2ccc2c1C(C)(C)c1ccccc1-2. The largest absolute Gasteiger partial charge is 0.376 e. The Morgan fingerprint density at radius 3 is 2.26 bits per heavy atom. The molecule has 0 unspecified atom stereocenters. The lowest BCUT2D eigenvalue weighted by Gasteiger charge is -2.44. The van der Waals surface area contributed by atoms with Crippen molar-refractivity contribution in [2.24, 2.45) is 0 Å². The smallest absolute Gasteiger partial charge is 0.333 e. The Kier molecular flexibility index (Phi) is 4.31. The molecule has 0 saturated carbocycles. The highest BCUT2D eigenvalue weighted by Gasteiger charge is 2.48. The fourth-order valence-corrected chi connectivity index (χ4v) is 8.79. The van der Waals surface area contributed by atoms with Gasteiger partial charge < -0.3 is 9.38 Å². The molecule has 202 valence electrons. The number of rotatable bonds is 1. The summed E-state index contributed by atoms with van der Waals surface area (Å²) in [5.41, 5.74) is 18.7. The van der Waals surface area contributed by atoms with Gasteiger partial charge in [0.15, 0.2) is 0 Å². The van der Waals surface area contributed by atoms with Crippen LogP contribution in [-0.2, 0) is 5.41 Å². The second kappa shape index (κ2) is 7.87. The summed E-state index contributed by atoms with van der Waals surface area (Å²) in [6, 6.07) is 45.4. The van der Waals surface area contributed by atoms with E-state index in [0.717, 1.165) is 0 Å². The summed E-state index contributed by atoms with van der Waals surface area (Å²) < 4.78 is 2.55. The lowest BCUT2D eigenvalue weighted by Crippen LogP contribution is -2.61. The van der Waals surface area contributed by atoms with E-state index in [1.54, 1.807) is 0 Å². The Balaban J connectivity index is 1.44. The molecule has 3 aliphatic rings. The van der Waals surface area contributed by atoms with E-state index in [1.807, 2.05) is 0 Å². The number of anilines is 2. The molecule has 2 aliphatic heterocycles. The van der Waals surface area contributed by atoms with Gasteiger partial charge in [0.05, 0.1) is 11.0 Å². The molecule has 10 rings (SSSR count). The van der Waals surface area contributed by atoms with E-state index >= 15 is 0 Å². The molecule has 2 nitrogen and oxygen atoms in total. The number of aromatic nitrogens is 1. The van der Waals surface area contributed by atoms with Crippen molar-refractivity contribution in [2.75, 3.05) is 4.81 Å². The van der Waals surface area contributed by atoms with E-state index in [-0.39, 0.29) is 12.3 Å². The van der Waals surface area contributed by atoms with Crippen LogP contribution in [0.2, 0.25) is 0 Å². The molecule has 3 heterocycles. The van der Waals surface area contributed by atoms with E-state index in [1.165, 1.54) is 88.7 Å². The maximum Gasteiger partial charge on any atom is 0.333 e. The van der Waals surface area contributed by atoms with Gasteiger partial charge in [-0.2, -0.15) is 0 Å². The minimum Gasteiger partial charge on any atom is -0.376 e. The van der Waals surface area contributed by atoms with E-state index in [2.05, 4.69) is 151 Å². The maximum atomic E-state index is 2.68. The van der Waals surface area contributed by atoms with Crippen LogP contribution < -0.4 is 15.7 Å². The minimum absolute atomic E-state index is 0.0482. The number of nitrogens with zero attached hydrogens (tertiary/aromatic N) is 2. The van der Waals surface area contributed by atoms with Crippen molar-refractivity contribution in [2.45, 2.75) is 26.2 Å². The molecule has 3 heteroatoms. The first-order valence-corrected chi connectivity index (χ1v) is 15.3. The van der Waals surface area contributed by atoms with Crippen molar-refractivity contribution in [3.8, 4) is 27.9 Å². The first-order chi connectivity index (χ1) is 21.1. The molecule has 1 aliphatic carbocycles. The van der Waals surface area contributed by atoms with Crippen molar-refractivity contribution in [3.63, 3.8) is 0 Å². The number of aryl methyl sites for hydroxylation is 1. The van der Waals surface area contributed by atoms with Crippen LogP contribution in [0.3, 0.4) is 0 Å². The molecular weight excluding hydrogens is 519 g/mol. The summed E-state index contributed by atoms with van der Waals surface area (Å²) in [5.74, 6) is 0. The zero-order valence-electron chi connectivity index (χ0n) is 24.5. The molecule has 43 heavy (non-hydrogen) atoms. The molecule has 0 fully saturated rings. The maximum absolute atomic E-state index is 2.68. The second-order valence-electron chi connectivity index (χ2n) is 13.0. The van der Waals surface area contributed by atoms with E-state index in [0.29, 0.717) is 0 Å². The summed E-state index contributed by atoms with van der Waals surface area (Å²) in [6.45, 7) is 7.18. The Labute approximate surface area is 251 Å². The second-order valence-corrected chi connectivity index (χ2v) is 13.0. The Morgan fingerprint density at radius 2 is 1.37 bits per heavy atom. The highest BCUT2D eigenvalue weighted by molar-refractivity contribution is 6.93. The first-order valence-electron chi connectivity index (χ1n) is 15.3. The summed E-state index contributed by atoms with van der Waals surface area (Å²) in [7, 11) is 0. The van der Waals surface area contributed by atoms with Crippen LogP contribution in [0.1, 0.15) is 30.5 Å². The van der Waals surface area contributed by atoms with Gasteiger partial charge in [0, 0.05) is 38.8 Å². The standard InChI is InChI=1S/C40H29BN2/c1-24-23-30-28-22-21-27-26-15-7-9-17-31(26)40(2,3)36(27)38(28)43(25-13-5-4-6-14-25)41-32-18-10-12-20-34(32)42-33-19-11-8-16-29(33)35(24)39(42)37(30)41/h4-23H,1-3H3.